The van der Waals surface area contributed by atoms with Gasteiger partial charge < -0.3 is 15.0 Å². The molecular formula is C20H26N6O. The van der Waals surface area contributed by atoms with Crippen molar-refractivity contribution in [1.82, 2.24) is 19.8 Å². The van der Waals surface area contributed by atoms with Crippen molar-refractivity contribution in [2.75, 3.05) is 50.7 Å². The van der Waals surface area contributed by atoms with Crippen LogP contribution in [0.2, 0.25) is 0 Å². The van der Waals surface area contributed by atoms with Gasteiger partial charge in [-0.15, -0.1) is 0 Å². The maximum Gasteiger partial charge on any atom is 0.142 e. The Balaban J connectivity index is 1.31. The van der Waals surface area contributed by atoms with Gasteiger partial charge in [-0.3, -0.25) is 4.90 Å². The Bertz CT molecular complexity index is 872. The first-order chi connectivity index (χ1) is 13.2. The van der Waals surface area contributed by atoms with Gasteiger partial charge in [-0.1, -0.05) is 0 Å². The largest absolute Gasteiger partial charge is 0.370 e. The summed E-state index contributed by atoms with van der Waals surface area (Å²) in [6.45, 7) is 9.59. The highest BCUT2D eigenvalue weighted by Gasteiger charge is 2.45. The SMILES string of the molecule is C[C@@H]1CN(c2ccc(C#N)n3nccc23)C[C@H](CN2CC3(CCNC3)C2)O1. The highest BCUT2D eigenvalue weighted by molar-refractivity contribution is 5.74. The van der Waals surface area contributed by atoms with Gasteiger partial charge in [0.1, 0.15) is 11.8 Å². The fraction of sp³-hybridized carbons (Fsp3) is 0.600. The first-order valence-corrected chi connectivity index (χ1v) is 9.86. The summed E-state index contributed by atoms with van der Waals surface area (Å²) in [5, 5.41) is 17.1. The van der Waals surface area contributed by atoms with Gasteiger partial charge in [0.2, 0.25) is 0 Å². The average molecular weight is 366 g/mol. The summed E-state index contributed by atoms with van der Waals surface area (Å²) in [7, 11) is 0. The van der Waals surface area contributed by atoms with Crippen LogP contribution in [0.15, 0.2) is 24.4 Å². The van der Waals surface area contributed by atoms with E-state index in [9.17, 15) is 5.26 Å². The molecule has 2 aromatic rings. The summed E-state index contributed by atoms with van der Waals surface area (Å²) in [6.07, 6.45) is 3.46. The van der Waals surface area contributed by atoms with Crippen molar-refractivity contribution in [2.45, 2.75) is 25.6 Å². The Labute approximate surface area is 159 Å². The van der Waals surface area contributed by atoms with Gasteiger partial charge in [0.25, 0.3) is 0 Å². The van der Waals surface area contributed by atoms with Crippen LogP contribution >= 0.6 is 0 Å². The Morgan fingerprint density at radius 2 is 2.22 bits per heavy atom. The predicted octanol–water partition coefficient (Wildman–Crippen LogP) is 1.09. The lowest BCUT2D eigenvalue weighted by atomic mass is 9.79. The van der Waals surface area contributed by atoms with Crippen molar-refractivity contribution in [1.29, 1.82) is 5.26 Å². The summed E-state index contributed by atoms with van der Waals surface area (Å²) < 4.78 is 7.99. The zero-order chi connectivity index (χ0) is 18.4. The number of rotatable bonds is 3. The summed E-state index contributed by atoms with van der Waals surface area (Å²) in [4.78, 5) is 4.94. The lowest BCUT2D eigenvalue weighted by Crippen LogP contribution is -2.61. The van der Waals surface area contributed by atoms with Crippen molar-refractivity contribution in [3.63, 3.8) is 0 Å². The average Bonchev–Trinajstić information content (AvgIpc) is 3.29. The lowest BCUT2D eigenvalue weighted by Gasteiger charge is -2.50. The van der Waals surface area contributed by atoms with Gasteiger partial charge in [-0.05, 0) is 38.1 Å². The quantitative estimate of drug-likeness (QED) is 0.877. The normalized spacial score (nSPS) is 27.8. The van der Waals surface area contributed by atoms with E-state index in [1.54, 1.807) is 10.7 Å². The number of anilines is 1. The molecule has 2 aromatic heterocycles. The summed E-state index contributed by atoms with van der Waals surface area (Å²) in [5.41, 5.74) is 3.21. The van der Waals surface area contributed by atoms with Gasteiger partial charge in [0.05, 0.1) is 29.6 Å². The predicted molar refractivity (Wildman–Crippen MR) is 103 cm³/mol. The smallest absolute Gasteiger partial charge is 0.142 e. The number of hydrogen-bond acceptors (Lipinski definition) is 6. The molecule has 3 aliphatic heterocycles. The minimum Gasteiger partial charge on any atom is -0.370 e. The zero-order valence-electron chi connectivity index (χ0n) is 15.8. The van der Waals surface area contributed by atoms with E-state index in [2.05, 4.69) is 33.2 Å². The van der Waals surface area contributed by atoms with Crippen LogP contribution in [0.5, 0.6) is 0 Å². The third kappa shape index (κ3) is 2.98. The minimum absolute atomic E-state index is 0.186. The van der Waals surface area contributed by atoms with E-state index in [0.29, 0.717) is 11.1 Å². The number of aromatic nitrogens is 2. The third-order valence-electron chi connectivity index (χ3n) is 6.23. The second-order valence-electron chi connectivity index (χ2n) is 8.41. The van der Waals surface area contributed by atoms with E-state index < -0.39 is 0 Å². The molecule has 7 heteroatoms. The fourth-order valence-electron chi connectivity index (χ4n) is 5.08. The van der Waals surface area contributed by atoms with Crippen molar-refractivity contribution in [3.8, 4) is 6.07 Å². The molecule has 0 bridgehead atoms. The molecule has 0 aromatic carbocycles. The molecule has 1 N–H and O–H groups in total. The minimum atomic E-state index is 0.186. The monoisotopic (exact) mass is 366 g/mol. The molecule has 0 aliphatic carbocycles. The van der Waals surface area contributed by atoms with Crippen LogP contribution < -0.4 is 10.2 Å². The Morgan fingerprint density at radius 3 is 3.00 bits per heavy atom. The molecule has 5 heterocycles. The van der Waals surface area contributed by atoms with Gasteiger partial charge >= 0.3 is 0 Å². The maximum atomic E-state index is 9.31. The molecule has 2 atom stereocenters. The van der Waals surface area contributed by atoms with Crippen LogP contribution in [0.4, 0.5) is 5.69 Å². The number of fused-ring (bicyclic) bond motifs is 1. The molecule has 0 unspecified atom stereocenters. The highest BCUT2D eigenvalue weighted by Crippen LogP contribution is 2.36. The number of morpholine rings is 1. The van der Waals surface area contributed by atoms with Crippen LogP contribution in [0.3, 0.4) is 0 Å². The number of likely N-dealkylation sites (tertiary alicyclic amines) is 1. The second-order valence-corrected chi connectivity index (χ2v) is 8.41. The number of hydrogen-bond donors (Lipinski definition) is 1. The Morgan fingerprint density at radius 1 is 1.33 bits per heavy atom. The molecule has 5 rings (SSSR count). The van der Waals surface area contributed by atoms with Gasteiger partial charge in [-0.2, -0.15) is 10.4 Å². The van der Waals surface area contributed by atoms with E-state index >= 15 is 0 Å². The molecule has 142 valence electrons. The van der Waals surface area contributed by atoms with E-state index in [1.165, 1.54) is 32.6 Å². The van der Waals surface area contributed by atoms with E-state index in [1.807, 2.05) is 18.2 Å². The number of pyridine rings is 1. The van der Waals surface area contributed by atoms with Crippen molar-refractivity contribution in [2.24, 2.45) is 5.41 Å². The number of ether oxygens (including phenoxy) is 1. The molecule has 1 spiro atoms. The number of nitrogens with zero attached hydrogens (tertiary/aromatic N) is 5. The fourth-order valence-corrected chi connectivity index (χ4v) is 5.08. The zero-order valence-corrected chi connectivity index (χ0v) is 15.8. The topological polar surface area (TPSA) is 68.8 Å². The van der Waals surface area contributed by atoms with Crippen LogP contribution in [0.25, 0.3) is 5.52 Å². The van der Waals surface area contributed by atoms with Crippen molar-refractivity contribution < 1.29 is 4.74 Å². The molecule has 3 aliphatic rings. The van der Waals surface area contributed by atoms with E-state index in [-0.39, 0.29) is 12.2 Å². The first kappa shape index (κ1) is 17.0. The maximum absolute atomic E-state index is 9.31. The van der Waals surface area contributed by atoms with E-state index in [4.69, 9.17) is 4.74 Å². The molecule has 0 radical (unpaired) electrons. The van der Waals surface area contributed by atoms with Gasteiger partial charge in [-0.25, -0.2) is 4.52 Å². The van der Waals surface area contributed by atoms with E-state index in [0.717, 1.165) is 30.8 Å². The van der Waals surface area contributed by atoms with Crippen LogP contribution in [-0.2, 0) is 4.74 Å². The van der Waals surface area contributed by atoms with Crippen LogP contribution in [0.1, 0.15) is 19.0 Å². The number of nitriles is 1. The van der Waals surface area contributed by atoms with Gasteiger partial charge in [0, 0.05) is 44.7 Å². The van der Waals surface area contributed by atoms with Crippen molar-refractivity contribution in [3.05, 3.63) is 30.1 Å². The summed E-state index contributed by atoms with van der Waals surface area (Å²) >= 11 is 0. The standard InChI is InChI=1S/C20H26N6O/c1-15-9-25(18-3-2-16(8-21)26-19(18)4-6-23-26)11-17(27-15)10-24-13-20(14-24)5-7-22-12-20/h2-4,6,15,17,22H,5,7,9-14H2,1H3/t15-,17+/m1/s1. The van der Waals surface area contributed by atoms with Crippen molar-refractivity contribution >= 4 is 11.2 Å². The van der Waals surface area contributed by atoms with Crippen LogP contribution in [0, 0.1) is 16.7 Å². The molecular weight excluding hydrogens is 340 g/mol. The van der Waals surface area contributed by atoms with Crippen LogP contribution in [-0.4, -0.2) is 72.5 Å². The molecule has 3 saturated heterocycles. The first-order valence-electron chi connectivity index (χ1n) is 9.86. The Kier molecular flexibility index (Phi) is 4.08. The number of nitrogens with one attached hydrogen (secondary N) is 1. The Hall–Kier alpha value is -2.14. The molecule has 3 fully saturated rings. The molecule has 7 nitrogen and oxygen atoms in total. The highest BCUT2D eigenvalue weighted by atomic mass is 16.5. The summed E-state index contributed by atoms with van der Waals surface area (Å²) in [5.74, 6) is 0. The molecule has 0 amide bonds. The summed E-state index contributed by atoms with van der Waals surface area (Å²) in [6, 6.07) is 8.11. The molecule has 27 heavy (non-hydrogen) atoms. The second kappa shape index (κ2) is 6.48. The van der Waals surface area contributed by atoms with Gasteiger partial charge in [0.15, 0.2) is 0 Å². The lowest BCUT2D eigenvalue weighted by molar-refractivity contribution is -0.0679. The molecule has 0 saturated carbocycles. The third-order valence-corrected chi connectivity index (χ3v) is 6.23.